The molecule has 0 unspecified atom stereocenters. The number of hydrogen-bond donors (Lipinski definition) is 1. The number of anilines is 1. The number of carbonyl (C=O) groups excluding carboxylic acids is 1. The predicted molar refractivity (Wildman–Crippen MR) is 108 cm³/mol. The number of benzene rings is 1. The number of aromatic nitrogens is 3. The molecule has 2 heterocycles. The molecule has 3 aromatic rings. The van der Waals surface area contributed by atoms with Gasteiger partial charge in [-0.3, -0.25) is 19.6 Å². The van der Waals surface area contributed by atoms with Crippen molar-refractivity contribution < 1.29 is 14.5 Å². The van der Waals surface area contributed by atoms with Crippen molar-refractivity contribution in [3.8, 4) is 11.6 Å². The van der Waals surface area contributed by atoms with Crippen LogP contribution in [0.2, 0.25) is 10.0 Å². The number of aryl methyl sites for hydroxylation is 1. The van der Waals surface area contributed by atoms with Gasteiger partial charge in [-0.1, -0.05) is 35.3 Å². The van der Waals surface area contributed by atoms with E-state index in [2.05, 4.69) is 15.4 Å². The van der Waals surface area contributed by atoms with Crippen LogP contribution in [-0.4, -0.2) is 25.6 Å². The van der Waals surface area contributed by atoms with Crippen molar-refractivity contribution in [2.75, 3.05) is 5.32 Å². The Morgan fingerprint density at radius 1 is 1.31 bits per heavy atom. The van der Waals surface area contributed by atoms with Crippen molar-refractivity contribution >= 4 is 40.5 Å². The van der Waals surface area contributed by atoms with Crippen molar-refractivity contribution in [3.05, 3.63) is 68.1 Å². The lowest BCUT2D eigenvalue weighted by atomic mass is 10.3. The van der Waals surface area contributed by atoms with Gasteiger partial charge in [0.2, 0.25) is 11.8 Å². The van der Waals surface area contributed by atoms with Crippen LogP contribution >= 0.6 is 23.2 Å². The minimum atomic E-state index is -0.516. The highest BCUT2D eigenvalue weighted by molar-refractivity contribution is 6.35. The van der Waals surface area contributed by atoms with Crippen LogP contribution in [0.25, 0.3) is 0 Å². The van der Waals surface area contributed by atoms with Crippen molar-refractivity contribution in [3.63, 3.8) is 0 Å². The third-order valence-electron chi connectivity index (χ3n) is 3.96. The van der Waals surface area contributed by atoms with Crippen LogP contribution in [0.3, 0.4) is 0 Å². The first-order chi connectivity index (χ1) is 13.8. The average molecular weight is 436 g/mol. The number of ether oxygens (including phenoxy) is 1. The summed E-state index contributed by atoms with van der Waals surface area (Å²) in [7, 11) is 0. The van der Waals surface area contributed by atoms with Gasteiger partial charge in [0, 0.05) is 6.20 Å². The molecule has 0 radical (unpaired) electrons. The number of para-hydroxylation sites is 2. The SMILES string of the molecule is Cc1nn(CC(=O)Nc2ccccc2Oc2ncc(Cl)cc2Cl)c(C)c1[N+](=O)[O-]. The van der Waals surface area contributed by atoms with Crippen LogP contribution in [0.5, 0.6) is 11.6 Å². The third-order valence-corrected chi connectivity index (χ3v) is 4.44. The summed E-state index contributed by atoms with van der Waals surface area (Å²) in [5.41, 5.74) is 0.808. The summed E-state index contributed by atoms with van der Waals surface area (Å²) in [6.45, 7) is 2.86. The maximum atomic E-state index is 12.5. The van der Waals surface area contributed by atoms with Gasteiger partial charge in [0.1, 0.15) is 23.0 Å². The van der Waals surface area contributed by atoms with Gasteiger partial charge < -0.3 is 10.1 Å². The van der Waals surface area contributed by atoms with Crippen molar-refractivity contribution in [2.45, 2.75) is 20.4 Å². The van der Waals surface area contributed by atoms with Gasteiger partial charge in [0.25, 0.3) is 0 Å². The molecular formula is C18H15Cl2N5O4. The Labute approximate surface area is 175 Å². The zero-order valence-electron chi connectivity index (χ0n) is 15.3. The first kappa shape index (κ1) is 20.6. The Kier molecular flexibility index (Phi) is 6.00. The van der Waals surface area contributed by atoms with Gasteiger partial charge in [-0.2, -0.15) is 5.10 Å². The molecule has 0 saturated carbocycles. The molecule has 1 N–H and O–H groups in total. The second kappa shape index (κ2) is 8.46. The lowest BCUT2D eigenvalue weighted by Crippen LogP contribution is -2.20. The van der Waals surface area contributed by atoms with E-state index in [1.807, 2.05) is 0 Å². The molecule has 0 aliphatic carbocycles. The monoisotopic (exact) mass is 435 g/mol. The Morgan fingerprint density at radius 2 is 2.03 bits per heavy atom. The molecule has 0 aliphatic rings. The number of amides is 1. The summed E-state index contributed by atoms with van der Waals surface area (Å²) in [5, 5.41) is 18.5. The quantitative estimate of drug-likeness (QED) is 0.449. The van der Waals surface area contributed by atoms with E-state index in [-0.39, 0.29) is 28.8 Å². The van der Waals surface area contributed by atoms with Gasteiger partial charge in [-0.15, -0.1) is 0 Å². The fourth-order valence-electron chi connectivity index (χ4n) is 2.67. The second-order valence-electron chi connectivity index (χ2n) is 6.02. The number of hydrogen-bond acceptors (Lipinski definition) is 6. The number of rotatable bonds is 6. The summed E-state index contributed by atoms with van der Waals surface area (Å²) >= 11 is 11.9. The second-order valence-corrected chi connectivity index (χ2v) is 6.86. The topological polar surface area (TPSA) is 112 Å². The number of nitro groups is 1. The minimum Gasteiger partial charge on any atom is -0.435 e. The van der Waals surface area contributed by atoms with E-state index < -0.39 is 10.8 Å². The molecule has 0 spiro atoms. The summed E-state index contributed by atoms with van der Waals surface area (Å²) in [5.74, 6) is 0.0144. The molecule has 0 aliphatic heterocycles. The summed E-state index contributed by atoms with van der Waals surface area (Å²) in [4.78, 5) is 27.1. The smallest absolute Gasteiger partial charge is 0.312 e. The molecule has 11 heteroatoms. The highest BCUT2D eigenvalue weighted by Gasteiger charge is 2.23. The predicted octanol–water partition coefficient (Wildman–Crippen LogP) is 4.54. The average Bonchev–Trinajstić information content (AvgIpc) is 2.92. The zero-order chi connectivity index (χ0) is 21.1. The number of carbonyl (C=O) groups is 1. The lowest BCUT2D eigenvalue weighted by molar-refractivity contribution is -0.386. The molecule has 0 atom stereocenters. The summed E-state index contributed by atoms with van der Waals surface area (Å²) in [6, 6.07) is 8.20. The van der Waals surface area contributed by atoms with E-state index in [9.17, 15) is 14.9 Å². The van der Waals surface area contributed by atoms with E-state index in [4.69, 9.17) is 27.9 Å². The fourth-order valence-corrected chi connectivity index (χ4v) is 3.09. The Balaban J connectivity index is 1.78. The van der Waals surface area contributed by atoms with E-state index >= 15 is 0 Å². The van der Waals surface area contributed by atoms with E-state index in [0.29, 0.717) is 22.2 Å². The maximum Gasteiger partial charge on any atom is 0.312 e. The standard InChI is InChI=1S/C18H15Cl2N5O4/c1-10-17(25(27)28)11(2)24(23-10)9-16(26)22-14-5-3-4-6-15(14)29-18-13(20)7-12(19)8-21-18/h3-8H,9H2,1-2H3,(H,22,26). The van der Waals surface area contributed by atoms with Gasteiger partial charge in [0.15, 0.2) is 5.75 Å². The maximum absolute atomic E-state index is 12.5. The molecule has 0 fully saturated rings. The van der Waals surface area contributed by atoms with Crippen molar-refractivity contribution in [1.29, 1.82) is 0 Å². The molecule has 3 rings (SSSR count). The van der Waals surface area contributed by atoms with Gasteiger partial charge in [-0.05, 0) is 32.0 Å². The molecule has 150 valence electrons. The van der Waals surface area contributed by atoms with Crippen molar-refractivity contribution in [1.82, 2.24) is 14.8 Å². The third kappa shape index (κ3) is 4.64. The van der Waals surface area contributed by atoms with Crippen LogP contribution in [0.1, 0.15) is 11.4 Å². The van der Waals surface area contributed by atoms with Gasteiger partial charge in [0.05, 0.1) is 15.6 Å². The number of pyridine rings is 1. The lowest BCUT2D eigenvalue weighted by Gasteiger charge is -2.12. The summed E-state index contributed by atoms with van der Waals surface area (Å²) in [6.07, 6.45) is 1.39. The first-order valence-electron chi connectivity index (χ1n) is 8.32. The van der Waals surface area contributed by atoms with E-state index in [0.717, 1.165) is 0 Å². The zero-order valence-corrected chi connectivity index (χ0v) is 16.9. The molecule has 9 nitrogen and oxygen atoms in total. The fraction of sp³-hybridized carbons (Fsp3) is 0.167. The minimum absolute atomic E-state index is 0.106. The highest BCUT2D eigenvalue weighted by Crippen LogP contribution is 2.33. The van der Waals surface area contributed by atoms with E-state index in [1.54, 1.807) is 24.3 Å². The van der Waals surface area contributed by atoms with Crippen LogP contribution in [0.4, 0.5) is 11.4 Å². The Bertz CT molecular complexity index is 1100. The van der Waals surface area contributed by atoms with E-state index in [1.165, 1.54) is 30.8 Å². The van der Waals surface area contributed by atoms with Crippen LogP contribution in [-0.2, 0) is 11.3 Å². The van der Waals surface area contributed by atoms with Crippen molar-refractivity contribution in [2.24, 2.45) is 0 Å². The Hall–Kier alpha value is -3.17. The number of halogens is 2. The molecule has 1 aromatic carbocycles. The number of nitrogens with one attached hydrogen (secondary N) is 1. The first-order valence-corrected chi connectivity index (χ1v) is 9.08. The summed E-state index contributed by atoms with van der Waals surface area (Å²) < 4.78 is 6.98. The van der Waals surface area contributed by atoms with Crippen LogP contribution in [0, 0.1) is 24.0 Å². The van der Waals surface area contributed by atoms with Gasteiger partial charge >= 0.3 is 5.69 Å². The van der Waals surface area contributed by atoms with Gasteiger partial charge in [-0.25, -0.2) is 4.98 Å². The highest BCUT2D eigenvalue weighted by atomic mass is 35.5. The molecule has 29 heavy (non-hydrogen) atoms. The molecule has 2 aromatic heterocycles. The van der Waals surface area contributed by atoms with Crippen LogP contribution < -0.4 is 10.1 Å². The molecule has 1 amide bonds. The largest absolute Gasteiger partial charge is 0.435 e. The molecular weight excluding hydrogens is 421 g/mol. The Morgan fingerprint density at radius 3 is 2.69 bits per heavy atom. The normalized spacial score (nSPS) is 10.6. The number of nitrogens with zero attached hydrogens (tertiary/aromatic N) is 4. The molecule has 0 bridgehead atoms. The molecule has 0 saturated heterocycles. The van der Waals surface area contributed by atoms with Crippen LogP contribution in [0.15, 0.2) is 36.5 Å².